The second-order valence-corrected chi connectivity index (χ2v) is 3.06. The summed E-state index contributed by atoms with van der Waals surface area (Å²) in [5.74, 6) is 2.01. The van der Waals surface area contributed by atoms with Crippen molar-refractivity contribution in [2.45, 2.75) is 12.5 Å². The lowest BCUT2D eigenvalue weighted by atomic mass is 10.0. The molecule has 0 bridgehead atoms. The van der Waals surface area contributed by atoms with E-state index in [1.54, 1.807) is 0 Å². The molecule has 0 radical (unpaired) electrons. The van der Waals surface area contributed by atoms with E-state index in [4.69, 9.17) is 17.9 Å². The van der Waals surface area contributed by atoms with Crippen LogP contribution in [0.4, 0.5) is 0 Å². The Bertz CT molecular complexity index is 379. The van der Waals surface area contributed by atoms with Gasteiger partial charge in [-0.2, -0.15) is 0 Å². The van der Waals surface area contributed by atoms with Gasteiger partial charge < -0.3 is 11.5 Å². The Labute approximate surface area is 83.1 Å². The SMILES string of the molecule is C#Cc1cccc(C[C@@H](N)C(N)=O)c1. The summed E-state index contributed by atoms with van der Waals surface area (Å²) in [6.07, 6.45) is 5.66. The molecule has 14 heavy (non-hydrogen) atoms. The zero-order valence-corrected chi connectivity index (χ0v) is 7.73. The van der Waals surface area contributed by atoms with Crippen molar-refractivity contribution in [3.8, 4) is 12.3 Å². The van der Waals surface area contributed by atoms with Crippen molar-refractivity contribution in [1.82, 2.24) is 0 Å². The molecule has 3 nitrogen and oxygen atoms in total. The minimum absolute atomic E-state index is 0.421. The Morgan fingerprint density at radius 2 is 2.29 bits per heavy atom. The molecule has 0 unspecified atom stereocenters. The molecule has 4 N–H and O–H groups in total. The van der Waals surface area contributed by atoms with Crippen molar-refractivity contribution in [3.05, 3.63) is 35.4 Å². The first kappa shape index (κ1) is 10.3. The van der Waals surface area contributed by atoms with Gasteiger partial charge in [0, 0.05) is 5.56 Å². The van der Waals surface area contributed by atoms with E-state index in [2.05, 4.69) is 5.92 Å². The molecule has 0 aliphatic rings. The van der Waals surface area contributed by atoms with E-state index in [1.165, 1.54) is 0 Å². The second kappa shape index (κ2) is 4.45. The lowest BCUT2D eigenvalue weighted by Crippen LogP contribution is -2.38. The van der Waals surface area contributed by atoms with E-state index in [0.29, 0.717) is 6.42 Å². The first-order valence-corrected chi connectivity index (χ1v) is 4.24. The summed E-state index contributed by atoms with van der Waals surface area (Å²) < 4.78 is 0. The minimum atomic E-state index is -0.650. The van der Waals surface area contributed by atoms with Crippen molar-refractivity contribution >= 4 is 5.91 Å². The Morgan fingerprint density at radius 1 is 1.57 bits per heavy atom. The standard InChI is InChI=1S/C11H12N2O/c1-2-8-4-3-5-9(6-8)7-10(12)11(13)14/h1,3-6,10H,7,12H2,(H2,13,14)/t10-/m1/s1. The van der Waals surface area contributed by atoms with Crippen LogP contribution in [-0.4, -0.2) is 11.9 Å². The Kier molecular flexibility index (Phi) is 3.27. The van der Waals surface area contributed by atoms with E-state index in [9.17, 15) is 4.79 Å². The summed E-state index contributed by atoms with van der Waals surface area (Å²) in [5.41, 5.74) is 12.3. The van der Waals surface area contributed by atoms with Crippen molar-refractivity contribution < 1.29 is 4.79 Å². The van der Waals surface area contributed by atoms with E-state index in [1.807, 2.05) is 24.3 Å². The highest BCUT2D eigenvalue weighted by Gasteiger charge is 2.09. The molecule has 0 fully saturated rings. The molecule has 1 amide bonds. The molecule has 0 heterocycles. The number of benzene rings is 1. The highest BCUT2D eigenvalue weighted by atomic mass is 16.1. The van der Waals surface area contributed by atoms with Crippen LogP contribution in [0.1, 0.15) is 11.1 Å². The Morgan fingerprint density at radius 3 is 2.86 bits per heavy atom. The van der Waals surface area contributed by atoms with Crippen LogP contribution in [0.15, 0.2) is 24.3 Å². The molecule has 1 aromatic carbocycles. The van der Waals surface area contributed by atoms with Crippen LogP contribution < -0.4 is 11.5 Å². The van der Waals surface area contributed by atoms with E-state index in [-0.39, 0.29) is 0 Å². The maximum atomic E-state index is 10.7. The van der Waals surface area contributed by atoms with Gasteiger partial charge in [0.05, 0.1) is 6.04 Å². The largest absolute Gasteiger partial charge is 0.368 e. The van der Waals surface area contributed by atoms with Crippen LogP contribution in [0, 0.1) is 12.3 Å². The zero-order chi connectivity index (χ0) is 10.6. The third-order valence-corrected chi connectivity index (χ3v) is 1.91. The third kappa shape index (κ3) is 2.61. The molecule has 0 aliphatic heterocycles. The number of amides is 1. The zero-order valence-electron chi connectivity index (χ0n) is 7.73. The van der Waals surface area contributed by atoms with E-state index < -0.39 is 11.9 Å². The lowest BCUT2D eigenvalue weighted by Gasteiger charge is -2.07. The maximum Gasteiger partial charge on any atom is 0.234 e. The van der Waals surface area contributed by atoms with Gasteiger partial charge in [-0.15, -0.1) is 6.42 Å². The van der Waals surface area contributed by atoms with Gasteiger partial charge in [0.1, 0.15) is 0 Å². The number of carbonyl (C=O) groups is 1. The normalized spacial score (nSPS) is 11.7. The Hall–Kier alpha value is -1.79. The van der Waals surface area contributed by atoms with Gasteiger partial charge in [0.2, 0.25) is 5.91 Å². The predicted molar refractivity (Wildman–Crippen MR) is 55.3 cm³/mol. The Balaban J connectivity index is 2.78. The molecule has 1 aromatic rings. The van der Waals surface area contributed by atoms with Crippen LogP contribution in [0.25, 0.3) is 0 Å². The molecule has 3 heteroatoms. The molecule has 72 valence electrons. The number of terminal acetylenes is 1. The second-order valence-electron chi connectivity index (χ2n) is 3.06. The van der Waals surface area contributed by atoms with Gasteiger partial charge in [0.15, 0.2) is 0 Å². The molecule has 1 atom stereocenters. The van der Waals surface area contributed by atoms with Crippen LogP contribution >= 0.6 is 0 Å². The number of primary amides is 1. The molecule has 0 aromatic heterocycles. The number of hydrogen-bond acceptors (Lipinski definition) is 2. The summed E-state index contributed by atoms with van der Waals surface area (Å²) in [7, 11) is 0. The summed E-state index contributed by atoms with van der Waals surface area (Å²) in [4.78, 5) is 10.7. The maximum absolute atomic E-state index is 10.7. The smallest absolute Gasteiger partial charge is 0.234 e. The predicted octanol–water partition coefficient (Wildman–Crippen LogP) is 0.0230. The number of rotatable bonds is 3. The molecule has 0 aliphatic carbocycles. The van der Waals surface area contributed by atoms with Crippen molar-refractivity contribution in [3.63, 3.8) is 0 Å². The van der Waals surface area contributed by atoms with Crippen molar-refractivity contribution in [1.29, 1.82) is 0 Å². The molecule has 1 rings (SSSR count). The molecule has 0 saturated heterocycles. The van der Waals surface area contributed by atoms with E-state index in [0.717, 1.165) is 11.1 Å². The average molecular weight is 188 g/mol. The lowest BCUT2D eigenvalue weighted by molar-refractivity contribution is -0.119. The summed E-state index contributed by atoms with van der Waals surface area (Å²) in [6.45, 7) is 0. The fourth-order valence-electron chi connectivity index (χ4n) is 1.14. The fraction of sp³-hybridized carbons (Fsp3) is 0.182. The van der Waals surface area contributed by atoms with Gasteiger partial charge in [-0.05, 0) is 24.1 Å². The van der Waals surface area contributed by atoms with Crippen LogP contribution in [-0.2, 0) is 11.2 Å². The number of carbonyl (C=O) groups excluding carboxylic acids is 1. The summed E-state index contributed by atoms with van der Waals surface area (Å²) in [5, 5.41) is 0. The number of nitrogens with two attached hydrogens (primary N) is 2. The topological polar surface area (TPSA) is 69.1 Å². The van der Waals surface area contributed by atoms with Gasteiger partial charge in [-0.25, -0.2) is 0 Å². The number of hydrogen-bond donors (Lipinski definition) is 2. The molecular weight excluding hydrogens is 176 g/mol. The van der Waals surface area contributed by atoms with Gasteiger partial charge in [-0.3, -0.25) is 4.79 Å². The average Bonchev–Trinajstić information content (AvgIpc) is 2.18. The van der Waals surface area contributed by atoms with Gasteiger partial charge >= 0.3 is 0 Å². The van der Waals surface area contributed by atoms with Gasteiger partial charge in [0.25, 0.3) is 0 Å². The van der Waals surface area contributed by atoms with Crippen LogP contribution in [0.3, 0.4) is 0 Å². The molecule has 0 spiro atoms. The van der Waals surface area contributed by atoms with E-state index >= 15 is 0 Å². The first-order chi connectivity index (χ1) is 6.63. The quantitative estimate of drug-likeness (QED) is 0.657. The summed E-state index contributed by atoms with van der Waals surface area (Å²) >= 11 is 0. The molecular formula is C11H12N2O. The van der Waals surface area contributed by atoms with Crippen LogP contribution in [0.2, 0.25) is 0 Å². The minimum Gasteiger partial charge on any atom is -0.368 e. The van der Waals surface area contributed by atoms with Crippen LogP contribution in [0.5, 0.6) is 0 Å². The first-order valence-electron chi connectivity index (χ1n) is 4.24. The fourth-order valence-corrected chi connectivity index (χ4v) is 1.14. The monoisotopic (exact) mass is 188 g/mol. The van der Waals surface area contributed by atoms with Gasteiger partial charge in [-0.1, -0.05) is 18.1 Å². The summed E-state index contributed by atoms with van der Waals surface area (Å²) in [6, 6.07) is 6.69. The third-order valence-electron chi connectivity index (χ3n) is 1.91. The molecule has 0 saturated carbocycles. The highest BCUT2D eigenvalue weighted by molar-refractivity contribution is 5.79. The van der Waals surface area contributed by atoms with Crippen molar-refractivity contribution in [2.75, 3.05) is 0 Å². The highest BCUT2D eigenvalue weighted by Crippen LogP contribution is 2.05. The van der Waals surface area contributed by atoms with Crippen molar-refractivity contribution in [2.24, 2.45) is 11.5 Å².